The van der Waals surface area contributed by atoms with E-state index in [9.17, 15) is 4.79 Å². The predicted molar refractivity (Wildman–Crippen MR) is 80.0 cm³/mol. The smallest absolute Gasteiger partial charge is 0.255 e. The molecule has 0 aliphatic heterocycles. The topological polar surface area (TPSA) is 38.3 Å². The van der Waals surface area contributed by atoms with Crippen molar-refractivity contribution < 1.29 is 9.53 Å². The number of carbonyl (C=O) groups is 1. The minimum atomic E-state index is -0.0514. The van der Waals surface area contributed by atoms with Crippen molar-refractivity contribution in [2.24, 2.45) is 0 Å². The van der Waals surface area contributed by atoms with Crippen LogP contribution in [0.5, 0.6) is 5.75 Å². The Morgan fingerprint density at radius 1 is 1.37 bits per heavy atom. The molecule has 3 nitrogen and oxygen atoms in total. The Bertz CT molecular complexity index is 416. The van der Waals surface area contributed by atoms with E-state index in [-0.39, 0.29) is 5.91 Å². The van der Waals surface area contributed by atoms with Gasteiger partial charge in [-0.15, -0.1) is 0 Å². The molecule has 1 N–H and O–H groups in total. The zero-order valence-electron chi connectivity index (χ0n) is 11.4. The molecule has 0 saturated heterocycles. The van der Waals surface area contributed by atoms with Gasteiger partial charge < -0.3 is 10.1 Å². The lowest BCUT2D eigenvalue weighted by Crippen LogP contribution is -2.26. The second kappa shape index (κ2) is 7.43. The minimum absolute atomic E-state index is 0.0514. The Kier molecular flexibility index (Phi) is 5.58. The number of rotatable bonds is 6. The van der Waals surface area contributed by atoms with Gasteiger partial charge in [0, 0.05) is 17.5 Å². The van der Waals surface area contributed by atoms with E-state index in [0.29, 0.717) is 11.3 Å². The molecule has 19 heavy (non-hydrogen) atoms. The lowest BCUT2D eigenvalue weighted by molar-refractivity contribution is 0.0953. The van der Waals surface area contributed by atoms with E-state index in [1.165, 1.54) is 25.7 Å². The van der Waals surface area contributed by atoms with E-state index < -0.39 is 0 Å². The number of thioether (sulfide) groups is 1. The molecule has 104 valence electrons. The van der Waals surface area contributed by atoms with E-state index in [4.69, 9.17) is 4.74 Å². The Hall–Kier alpha value is -1.16. The molecule has 1 aliphatic rings. The molecule has 1 saturated carbocycles. The van der Waals surface area contributed by atoms with Crippen LogP contribution in [-0.4, -0.2) is 30.6 Å². The Labute approximate surface area is 119 Å². The lowest BCUT2D eigenvalue weighted by Gasteiger charge is -2.11. The normalized spacial score (nSPS) is 15.4. The summed E-state index contributed by atoms with van der Waals surface area (Å²) in [6.45, 7) is 0.720. The van der Waals surface area contributed by atoms with Crippen molar-refractivity contribution in [3.8, 4) is 5.75 Å². The fourth-order valence-corrected chi connectivity index (χ4v) is 3.59. The van der Waals surface area contributed by atoms with Crippen molar-refractivity contribution in [2.45, 2.75) is 30.9 Å². The second-order valence-electron chi connectivity index (χ2n) is 4.73. The summed E-state index contributed by atoms with van der Waals surface area (Å²) in [5, 5.41) is 3.77. The van der Waals surface area contributed by atoms with E-state index in [1.807, 2.05) is 30.0 Å². The maximum absolute atomic E-state index is 12.0. The highest BCUT2D eigenvalue weighted by Crippen LogP contribution is 2.28. The standard InChI is InChI=1S/C15H21NO2S/c1-18-14-9-5-4-8-13(14)15(17)16-10-11-19-12-6-2-3-7-12/h4-5,8-9,12H,2-3,6-7,10-11H2,1H3,(H,16,17). The summed E-state index contributed by atoms with van der Waals surface area (Å²) in [7, 11) is 1.59. The molecule has 4 heteroatoms. The zero-order chi connectivity index (χ0) is 13.5. The number of nitrogens with one attached hydrogen (secondary N) is 1. The van der Waals surface area contributed by atoms with Crippen molar-refractivity contribution >= 4 is 17.7 Å². The molecule has 0 spiro atoms. The fourth-order valence-electron chi connectivity index (χ4n) is 2.37. The van der Waals surface area contributed by atoms with E-state index in [2.05, 4.69) is 5.32 Å². The van der Waals surface area contributed by atoms with Crippen molar-refractivity contribution in [2.75, 3.05) is 19.4 Å². The molecule has 0 aromatic heterocycles. The molecule has 0 bridgehead atoms. The number of para-hydroxylation sites is 1. The van der Waals surface area contributed by atoms with Crippen molar-refractivity contribution in [3.05, 3.63) is 29.8 Å². The first-order valence-electron chi connectivity index (χ1n) is 6.84. The van der Waals surface area contributed by atoms with Gasteiger partial charge in [-0.1, -0.05) is 25.0 Å². The SMILES string of the molecule is COc1ccccc1C(=O)NCCSC1CCCC1. The first-order chi connectivity index (χ1) is 9.31. The van der Waals surface area contributed by atoms with Gasteiger partial charge in [-0.05, 0) is 25.0 Å². The number of benzene rings is 1. The highest BCUT2D eigenvalue weighted by atomic mass is 32.2. The number of hydrogen-bond acceptors (Lipinski definition) is 3. The van der Waals surface area contributed by atoms with Crippen LogP contribution < -0.4 is 10.1 Å². The van der Waals surface area contributed by atoms with Crippen LogP contribution >= 0.6 is 11.8 Å². The highest BCUT2D eigenvalue weighted by Gasteiger charge is 2.15. The average molecular weight is 279 g/mol. The number of ether oxygens (including phenoxy) is 1. The Balaban J connectivity index is 1.74. The Morgan fingerprint density at radius 2 is 2.11 bits per heavy atom. The molecule has 2 rings (SSSR count). The quantitative estimate of drug-likeness (QED) is 0.813. The molecule has 0 radical (unpaired) electrons. The van der Waals surface area contributed by atoms with E-state index >= 15 is 0 Å². The zero-order valence-corrected chi connectivity index (χ0v) is 12.2. The van der Waals surface area contributed by atoms with Crippen molar-refractivity contribution in [1.29, 1.82) is 0 Å². The van der Waals surface area contributed by atoms with Gasteiger partial charge >= 0.3 is 0 Å². The van der Waals surface area contributed by atoms with Crippen LogP contribution in [0.2, 0.25) is 0 Å². The van der Waals surface area contributed by atoms with Crippen LogP contribution in [0.25, 0.3) is 0 Å². The van der Waals surface area contributed by atoms with Crippen LogP contribution in [0.3, 0.4) is 0 Å². The molecular weight excluding hydrogens is 258 g/mol. The summed E-state index contributed by atoms with van der Waals surface area (Å²) in [5.74, 6) is 1.57. The summed E-state index contributed by atoms with van der Waals surface area (Å²) in [6.07, 6.45) is 5.41. The van der Waals surface area contributed by atoms with Gasteiger partial charge in [0.25, 0.3) is 5.91 Å². The number of hydrogen-bond donors (Lipinski definition) is 1. The third-order valence-electron chi connectivity index (χ3n) is 3.39. The van der Waals surface area contributed by atoms with Crippen LogP contribution in [0, 0.1) is 0 Å². The van der Waals surface area contributed by atoms with Crippen LogP contribution in [0.1, 0.15) is 36.0 Å². The molecule has 1 fully saturated rings. The molecule has 1 aromatic rings. The fraction of sp³-hybridized carbons (Fsp3) is 0.533. The monoisotopic (exact) mass is 279 g/mol. The maximum Gasteiger partial charge on any atom is 0.255 e. The molecular formula is C15H21NO2S. The largest absolute Gasteiger partial charge is 0.496 e. The lowest BCUT2D eigenvalue weighted by atomic mass is 10.2. The molecule has 0 atom stereocenters. The van der Waals surface area contributed by atoms with Gasteiger partial charge in [-0.3, -0.25) is 4.79 Å². The summed E-state index contributed by atoms with van der Waals surface area (Å²) >= 11 is 1.99. The Morgan fingerprint density at radius 3 is 2.84 bits per heavy atom. The van der Waals surface area contributed by atoms with E-state index in [0.717, 1.165) is 17.5 Å². The van der Waals surface area contributed by atoms with Gasteiger partial charge in [-0.2, -0.15) is 11.8 Å². The summed E-state index contributed by atoms with van der Waals surface area (Å²) in [4.78, 5) is 12.0. The molecule has 0 unspecified atom stereocenters. The average Bonchev–Trinajstić information content (AvgIpc) is 2.96. The minimum Gasteiger partial charge on any atom is -0.496 e. The van der Waals surface area contributed by atoms with Gasteiger partial charge in [0.1, 0.15) is 5.75 Å². The maximum atomic E-state index is 12.0. The second-order valence-corrected chi connectivity index (χ2v) is 6.14. The van der Waals surface area contributed by atoms with Gasteiger partial charge in [0.05, 0.1) is 12.7 Å². The molecule has 1 aromatic carbocycles. The van der Waals surface area contributed by atoms with Gasteiger partial charge in [0.2, 0.25) is 0 Å². The molecule has 1 aliphatic carbocycles. The first-order valence-corrected chi connectivity index (χ1v) is 7.89. The predicted octanol–water partition coefficient (Wildman–Crippen LogP) is 3.10. The van der Waals surface area contributed by atoms with Crippen LogP contribution in [-0.2, 0) is 0 Å². The number of methoxy groups -OCH3 is 1. The first kappa shape index (κ1) is 14.3. The number of amides is 1. The van der Waals surface area contributed by atoms with Crippen molar-refractivity contribution in [1.82, 2.24) is 5.32 Å². The molecule has 1 amide bonds. The third kappa shape index (κ3) is 4.16. The van der Waals surface area contributed by atoms with Gasteiger partial charge in [0.15, 0.2) is 0 Å². The summed E-state index contributed by atoms with van der Waals surface area (Å²) < 4.78 is 5.19. The molecule has 0 heterocycles. The third-order valence-corrected chi connectivity index (χ3v) is 4.78. The summed E-state index contributed by atoms with van der Waals surface area (Å²) in [6, 6.07) is 7.32. The highest BCUT2D eigenvalue weighted by molar-refractivity contribution is 7.99. The number of carbonyl (C=O) groups excluding carboxylic acids is 1. The van der Waals surface area contributed by atoms with Crippen LogP contribution in [0.4, 0.5) is 0 Å². The van der Waals surface area contributed by atoms with Crippen LogP contribution in [0.15, 0.2) is 24.3 Å². The van der Waals surface area contributed by atoms with Gasteiger partial charge in [-0.25, -0.2) is 0 Å². The van der Waals surface area contributed by atoms with Crippen molar-refractivity contribution in [3.63, 3.8) is 0 Å². The summed E-state index contributed by atoms with van der Waals surface area (Å²) in [5.41, 5.74) is 0.607. The van der Waals surface area contributed by atoms with E-state index in [1.54, 1.807) is 13.2 Å².